The summed E-state index contributed by atoms with van der Waals surface area (Å²) in [7, 11) is 0. The zero-order valence-corrected chi connectivity index (χ0v) is 13.5. The van der Waals surface area contributed by atoms with Gasteiger partial charge in [-0.1, -0.05) is 44.0 Å². The van der Waals surface area contributed by atoms with E-state index in [4.69, 9.17) is 0 Å². The van der Waals surface area contributed by atoms with Crippen LogP contribution in [0.3, 0.4) is 0 Å². The second-order valence-electron chi connectivity index (χ2n) is 5.82. The largest absolute Gasteiger partial charge is 0.300 e. The summed E-state index contributed by atoms with van der Waals surface area (Å²) in [6, 6.07) is 8.39. The van der Waals surface area contributed by atoms with Crippen molar-refractivity contribution in [1.82, 2.24) is 4.90 Å². The summed E-state index contributed by atoms with van der Waals surface area (Å²) < 4.78 is 0. The molecule has 0 unspecified atom stereocenters. The molecular formula is C18H29NO. The topological polar surface area (TPSA) is 20.3 Å². The van der Waals surface area contributed by atoms with Crippen molar-refractivity contribution < 1.29 is 4.79 Å². The molecule has 0 radical (unpaired) electrons. The Morgan fingerprint density at radius 3 is 2.45 bits per heavy atom. The van der Waals surface area contributed by atoms with Gasteiger partial charge in [0.05, 0.1) is 0 Å². The zero-order chi connectivity index (χ0) is 15.0. The van der Waals surface area contributed by atoms with Crippen LogP contribution in [-0.4, -0.2) is 29.8 Å². The van der Waals surface area contributed by atoms with E-state index in [1.165, 1.54) is 19.3 Å². The maximum Gasteiger partial charge on any atom is 0.164 e. The van der Waals surface area contributed by atoms with Gasteiger partial charge in [-0.3, -0.25) is 4.79 Å². The number of aryl methyl sites for hydroxylation is 1. The number of carbonyl (C=O) groups excluding carboxylic acids is 1. The van der Waals surface area contributed by atoms with Crippen LogP contribution in [-0.2, 0) is 0 Å². The summed E-state index contributed by atoms with van der Waals surface area (Å²) in [6.07, 6.45) is 4.37. The Hall–Kier alpha value is -1.15. The average Bonchev–Trinajstić information content (AvgIpc) is 2.42. The van der Waals surface area contributed by atoms with E-state index in [1.807, 2.05) is 31.2 Å². The van der Waals surface area contributed by atoms with Gasteiger partial charge in [-0.05, 0) is 39.3 Å². The fourth-order valence-corrected chi connectivity index (χ4v) is 2.46. The molecule has 0 heterocycles. The van der Waals surface area contributed by atoms with Crippen molar-refractivity contribution in [3.05, 3.63) is 35.4 Å². The van der Waals surface area contributed by atoms with E-state index in [9.17, 15) is 4.79 Å². The number of Topliss-reactive ketones (excluding diaryl/α,β-unsaturated/α-hetero) is 1. The second kappa shape index (κ2) is 8.91. The van der Waals surface area contributed by atoms with E-state index < -0.39 is 0 Å². The van der Waals surface area contributed by atoms with Gasteiger partial charge in [-0.25, -0.2) is 0 Å². The molecular weight excluding hydrogens is 246 g/mol. The summed E-state index contributed by atoms with van der Waals surface area (Å²) in [5.41, 5.74) is 1.96. The SMILES string of the molecule is CCCCCN(CCC(=O)c1ccccc1C)C(C)C. The highest BCUT2D eigenvalue weighted by molar-refractivity contribution is 5.97. The first-order chi connectivity index (χ1) is 9.56. The highest BCUT2D eigenvalue weighted by atomic mass is 16.1. The minimum Gasteiger partial charge on any atom is -0.300 e. The fourth-order valence-electron chi connectivity index (χ4n) is 2.46. The first-order valence-electron chi connectivity index (χ1n) is 7.89. The number of hydrogen-bond acceptors (Lipinski definition) is 2. The van der Waals surface area contributed by atoms with Gasteiger partial charge >= 0.3 is 0 Å². The van der Waals surface area contributed by atoms with Gasteiger partial charge in [-0.2, -0.15) is 0 Å². The van der Waals surface area contributed by atoms with Gasteiger partial charge < -0.3 is 4.90 Å². The maximum absolute atomic E-state index is 12.3. The predicted octanol–water partition coefficient (Wildman–Crippen LogP) is 4.47. The molecule has 1 rings (SSSR count). The molecule has 0 fully saturated rings. The molecule has 0 aliphatic heterocycles. The lowest BCUT2D eigenvalue weighted by atomic mass is 10.0. The Kier molecular flexibility index (Phi) is 7.53. The van der Waals surface area contributed by atoms with E-state index in [0.717, 1.165) is 24.2 Å². The van der Waals surface area contributed by atoms with Gasteiger partial charge in [0.1, 0.15) is 0 Å². The lowest BCUT2D eigenvalue weighted by Crippen LogP contribution is -2.33. The van der Waals surface area contributed by atoms with E-state index in [0.29, 0.717) is 12.5 Å². The van der Waals surface area contributed by atoms with Gasteiger partial charge in [0.2, 0.25) is 0 Å². The van der Waals surface area contributed by atoms with Crippen molar-refractivity contribution in [2.75, 3.05) is 13.1 Å². The third-order valence-corrected chi connectivity index (χ3v) is 3.85. The van der Waals surface area contributed by atoms with E-state index in [2.05, 4.69) is 25.7 Å². The number of benzene rings is 1. The molecule has 0 bridgehead atoms. The molecule has 0 amide bonds. The van der Waals surface area contributed by atoms with Crippen molar-refractivity contribution in [3.8, 4) is 0 Å². The van der Waals surface area contributed by atoms with E-state index >= 15 is 0 Å². The number of carbonyl (C=O) groups is 1. The molecule has 2 heteroatoms. The van der Waals surface area contributed by atoms with Gasteiger partial charge in [-0.15, -0.1) is 0 Å². The minimum absolute atomic E-state index is 0.268. The van der Waals surface area contributed by atoms with Crippen LogP contribution in [0.1, 0.15) is 62.4 Å². The van der Waals surface area contributed by atoms with Crippen molar-refractivity contribution in [3.63, 3.8) is 0 Å². The molecule has 0 saturated heterocycles. The molecule has 20 heavy (non-hydrogen) atoms. The summed E-state index contributed by atoms with van der Waals surface area (Å²) >= 11 is 0. The molecule has 0 N–H and O–H groups in total. The highest BCUT2D eigenvalue weighted by Crippen LogP contribution is 2.11. The van der Waals surface area contributed by atoms with Crippen LogP contribution < -0.4 is 0 Å². The maximum atomic E-state index is 12.3. The summed E-state index contributed by atoms with van der Waals surface area (Å²) in [5.74, 6) is 0.268. The Labute approximate surface area is 124 Å². The van der Waals surface area contributed by atoms with Crippen LogP contribution in [0.2, 0.25) is 0 Å². The van der Waals surface area contributed by atoms with E-state index in [1.54, 1.807) is 0 Å². The Morgan fingerprint density at radius 2 is 1.85 bits per heavy atom. The quantitative estimate of drug-likeness (QED) is 0.489. The molecule has 0 atom stereocenters. The Morgan fingerprint density at radius 1 is 1.15 bits per heavy atom. The smallest absolute Gasteiger partial charge is 0.164 e. The van der Waals surface area contributed by atoms with Crippen LogP contribution in [0, 0.1) is 6.92 Å². The molecule has 2 nitrogen and oxygen atoms in total. The number of rotatable bonds is 9. The van der Waals surface area contributed by atoms with E-state index in [-0.39, 0.29) is 5.78 Å². The zero-order valence-electron chi connectivity index (χ0n) is 13.5. The summed E-state index contributed by atoms with van der Waals surface area (Å²) in [5, 5.41) is 0. The Balaban J connectivity index is 2.50. The number of unbranched alkanes of at least 4 members (excludes halogenated alkanes) is 2. The highest BCUT2D eigenvalue weighted by Gasteiger charge is 2.13. The molecule has 0 aliphatic rings. The van der Waals surface area contributed by atoms with Crippen molar-refractivity contribution in [2.24, 2.45) is 0 Å². The van der Waals surface area contributed by atoms with Crippen molar-refractivity contribution in [1.29, 1.82) is 0 Å². The normalized spacial score (nSPS) is 11.3. The molecule has 0 spiro atoms. The first kappa shape index (κ1) is 16.9. The molecule has 0 aliphatic carbocycles. The number of nitrogens with zero attached hydrogens (tertiary/aromatic N) is 1. The van der Waals surface area contributed by atoms with Gasteiger partial charge in [0.15, 0.2) is 5.78 Å². The van der Waals surface area contributed by atoms with Crippen LogP contribution in [0.5, 0.6) is 0 Å². The third kappa shape index (κ3) is 5.46. The molecule has 112 valence electrons. The Bertz CT molecular complexity index is 412. The monoisotopic (exact) mass is 275 g/mol. The van der Waals surface area contributed by atoms with Gasteiger partial charge in [0, 0.05) is 24.6 Å². The van der Waals surface area contributed by atoms with Crippen LogP contribution in [0.25, 0.3) is 0 Å². The standard InChI is InChI=1S/C18H29NO/c1-5-6-9-13-19(15(2)3)14-12-18(20)17-11-8-7-10-16(17)4/h7-8,10-11,15H,5-6,9,12-14H2,1-4H3. The summed E-state index contributed by atoms with van der Waals surface area (Å²) in [4.78, 5) is 14.7. The van der Waals surface area contributed by atoms with Gasteiger partial charge in [0.25, 0.3) is 0 Å². The van der Waals surface area contributed by atoms with Crippen LogP contribution >= 0.6 is 0 Å². The lowest BCUT2D eigenvalue weighted by Gasteiger charge is -2.26. The fraction of sp³-hybridized carbons (Fsp3) is 0.611. The minimum atomic E-state index is 0.268. The molecule has 0 aromatic heterocycles. The van der Waals surface area contributed by atoms with Crippen LogP contribution in [0.4, 0.5) is 0 Å². The van der Waals surface area contributed by atoms with Crippen molar-refractivity contribution in [2.45, 2.75) is 59.4 Å². The third-order valence-electron chi connectivity index (χ3n) is 3.85. The second-order valence-corrected chi connectivity index (χ2v) is 5.82. The van der Waals surface area contributed by atoms with Crippen LogP contribution in [0.15, 0.2) is 24.3 Å². The van der Waals surface area contributed by atoms with Crippen molar-refractivity contribution >= 4 is 5.78 Å². The average molecular weight is 275 g/mol. The number of hydrogen-bond donors (Lipinski definition) is 0. The molecule has 1 aromatic rings. The molecule has 0 saturated carbocycles. The predicted molar refractivity (Wildman–Crippen MR) is 86.4 cm³/mol. The first-order valence-corrected chi connectivity index (χ1v) is 7.89. The summed E-state index contributed by atoms with van der Waals surface area (Å²) in [6.45, 7) is 10.6. The lowest BCUT2D eigenvalue weighted by molar-refractivity contribution is 0.0954. The molecule has 1 aromatic carbocycles. The number of ketones is 1.